The Labute approximate surface area is 150 Å². The van der Waals surface area contributed by atoms with Gasteiger partial charge in [0.25, 0.3) is 5.91 Å². The van der Waals surface area contributed by atoms with Crippen LogP contribution in [0.15, 0.2) is 69.1 Å². The molecule has 0 aliphatic carbocycles. The average molecular weight is 399 g/mol. The van der Waals surface area contributed by atoms with Gasteiger partial charge in [0.1, 0.15) is 0 Å². The second-order valence-corrected chi connectivity index (χ2v) is 6.80. The molecule has 0 saturated heterocycles. The van der Waals surface area contributed by atoms with Crippen LogP contribution in [0.3, 0.4) is 0 Å². The van der Waals surface area contributed by atoms with Crippen LogP contribution in [0.25, 0.3) is 22.0 Å². The topological polar surface area (TPSA) is 55.1 Å². The van der Waals surface area contributed by atoms with E-state index in [2.05, 4.69) is 50.5 Å². The first-order chi connectivity index (χ1) is 11.7. The van der Waals surface area contributed by atoms with Crippen LogP contribution >= 0.6 is 27.3 Å². The summed E-state index contributed by atoms with van der Waals surface area (Å²) in [6.45, 7) is 0. The van der Waals surface area contributed by atoms with Gasteiger partial charge in [-0.2, -0.15) is 0 Å². The summed E-state index contributed by atoms with van der Waals surface area (Å²) < 4.78 is 5.76. The predicted octanol–water partition coefficient (Wildman–Crippen LogP) is 5.57. The molecule has 0 bridgehead atoms. The van der Waals surface area contributed by atoms with Crippen molar-refractivity contribution in [3.05, 3.63) is 70.4 Å². The van der Waals surface area contributed by atoms with Crippen molar-refractivity contribution >= 4 is 49.1 Å². The van der Waals surface area contributed by atoms with Gasteiger partial charge in [0, 0.05) is 10.9 Å². The molecular weight excluding hydrogens is 388 g/mol. The fourth-order valence-electron chi connectivity index (χ4n) is 2.41. The Morgan fingerprint density at radius 3 is 2.71 bits per heavy atom. The fraction of sp³-hybridized carbons (Fsp3) is 0. The lowest BCUT2D eigenvalue weighted by Crippen LogP contribution is -2.10. The summed E-state index contributed by atoms with van der Waals surface area (Å²) in [6.07, 6.45) is 0. The normalized spacial score (nSPS) is 10.9. The number of thiazole rings is 1. The molecule has 0 atom stereocenters. The van der Waals surface area contributed by atoms with Crippen molar-refractivity contribution in [3.63, 3.8) is 0 Å². The molecular formula is C18H11BrN2O2S. The molecule has 0 aliphatic rings. The van der Waals surface area contributed by atoms with E-state index in [9.17, 15) is 4.79 Å². The summed E-state index contributed by atoms with van der Waals surface area (Å²) >= 11 is 4.56. The van der Waals surface area contributed by atoms with Crippen LogP contribution in [-0.4, -0.2) is 10.9 Å². The summed E-state index contributed by atoms with van der Waals surface area (Å²) in [4.78, 5) is 16.6. The monoisotopic (exact) mass is 398 g/mol. The van der Waals surface area contributed by atoms with Crippen LogP contribution < -0.4 is 5.32 Å². The molecule has 118 valence electrons. The molecule has 0 fully saturated rings. The number of halogens is 1. The number of amides is 1. The van der Waals surface area contributed by atoms with Crippen LogP contribution in [0.1, 0.15) is 10.6 Å². The number of nitrogens with zero attached hydrogens (tertiary/aromatic N) is 1. The maximum atomic E-state index is 12.1. The fourth-order valence-corrected chi connectivity index (χ4v) is 3.43. The number of aromatic nitrogens is 1. The highest BCUT2D eigenvalue weighted by atomic mass is 79.9. The highest BCUT2D eigenvalue weighted by Gasteiger charge is 2.13. The first-order valence-corrected chi connectivity index (χ1v) is 8.88. The second kappa shape index (κ2) is 6.22. The molecule has 0 spiro atoms. The number of anilines is 1. The lowest BCUT2D eigenvalue weighted by atomic mass is 10.1. The van der Waals surface area contributed by atoms with Crippen molar-refractivity contribution in [1.82, 2.24) is 4.98 Å². The quantitative estimate of drug-likeness (QED) is 0.490. The zero-order valence-electron chi connectivity index (χ0n) is 12.3. The van der Waals surface area contributed by atoms with Gasteiger partial charge >= 0.3 is 0 Å². The van der Waals surface area contributed by atoms with Crippen molar-refractivity contribution in [2.45, 2.75) is 0 Å². The molecule has 1 amide bonds. The number of hydrogen-bond donors (Lipinski definition) is 1. The van der Waals surface area contributed by atoms with Crippen LogP contribution in [0.2, 0.25) is 0 Å². The van der Waals surface area contributed by atoms with E-state index in [0.29, 0.717) is 9.80 Å². The van der Waals surface area contributed by atoms with Gasteiger partial charge < -0.3 is 4.42 Å². The smallest absolute Gasteiger partial charge is 0.293 e. The van der Waals surface area contributed by atoms with E-state index in [-0.39, 0.29) is 11.7 Å². The highest BCUT2D eigenvalue weighted by Crippen LogP contribution is 2.28. The minimum atomic E-state index is -0.319. The minimum absolute atomic E-state index is 0.240. The van der Waals surface area contributed by atoms with Crippen LogP contribution in [0.5, 0.6) is 0 Å². The summed E-state index contributed by atoms with van der Waals surface area (Å²) in [5, 5.41) is 7.57. The van der Waals surface area contributed by atoms with Gasteiger partial charge in [-0.05, 0) is 44.9 Å². The lowest BCUT2D eigenvalue weighted by Gasteiger charge is -2.01. The van der Waals surface area contributed by atoms with Crippen LogP contribution in [0, 0.1) is 0 Å². The summed E-state index contributed by atoms with van der Waals surface area (Å²) in [7, 11) is 0. The van der Waals surface area contributed by atoms with Gasteiger partial charge in [0.15, 0.2) is 15.6 Å². The Balaban J connectivity index is 1.58. The maximum Gasteiger partial charge on any atom is 0.293 e. The van der Waals surface area contributed by atoms with E-state index < -0.39 is 0 Å². The number of furan rings is 1. The van der Waals surface area contributed by atoms with Crippen LogP contribution in [0.4, 0.5) is 5.13 Å². The molecule has 4 nitrogen and oxygen atoms in total. The van der Waals surface area contributed by atoms with E-state index in [4.69, 9.17) is 4.42 Å². The molecule has 6 heteroatoms. The van der Waals surface area contributed by atoms with E-state index in [0.717, 1.165) is 16.6 Å². The lowest BCUT2D eigenvalue weighted by molar-refractivity contribution is 0.0995. The molecule has 2 aromatic heterocycles. The number of carbonyl (C=O) groups is 1. The number of hydrogen-bond acceptors (Lipinski definition) is 4. The van der Waals surface area contributed by atoms with E-state index in [1.165, 1.54) is 16.7 Å². The predicted molar refractivity (Wildman–Crippen MR) is 99.4 cm³/mol. The largest absolute Gasteiger partial charge is 0.444 e. The van der Waals surface area contributed by atoms with Gasteiger partial charge in [-0.3, -0.25) is 10.1 Å². The number of fused-ring (bicyclic) bond motifs is 1. The number of rotatable bonds is 3. The molecule has 1 N–H and O–H groups in total. The van der Waals surface area contributed by atoms with Crippen molar-refractivity contribution in [3.8, 4) is 11.3 Å². The minimum Gasteiger partial charge on any atom is -0.444 e. The van der Waals surface area contributed by atoms with Gasteiger partial charge in [-0.15, -0.1) is 11.3 Å². The Kier molecular flexibility index (Phi) is 3.92. The molecule has 0 unspecified atom stereocenters. The van der Waals surface area contributed by atoms with Gasteiger partial charge in [0.2, 0.25) is 0 Å². The zero-order chi connectivity index (χ0) is 16.5. The molecule has 4 rings (SSSR count). The number of nitrogens with one attached hydrogen (secondary N) is 1. The van der Waals surface area contributed by atoms with Crippen LogP contribution in [-0.2, 0) is 0 Å². The summed E-state index contributed by atoms with van der Waals surface area (Å²) in [5.74, 6) is -0.0792. The number of benzene rings is 2. The Morgan fingerprint density at radius 1 is 1.08 bits per heavy atom. The molecule has 0 saturated carbocycles. The molecule has 4 aromatic rings. The standard InChI is InChI=1S/C18H11BrN2O2S/c19-16-8-7-15(23-16)17(22)21-18-20-14(10-24-18)13-6-5-11-3-1-2-4-12(11)9-13/h1-10H,(H,20,21,22). The first kappa shape index (κ1) is 15.1. The third-order valence-electron chi connectivity index (χ3n) is 3.57. The van der Waals surface area contributed by atoms with Gasteiger partial charge in [0.05, 0.1) is 5.69 Å². The van der Waals surface area contributed by atoms with E-state index in [1.807, 2.05) is 23.6 Å². The third kappa shape index (κ3) is 2.98. The van der Waals surface area contributed by atoms with Crippen molar-refractivity contribution in [2.24, 2.45) is 0 Å². The average Bonchev–Trinajstić information content (AvgIpc) is 3.23. The summed E-state index contributed by atoms with van der Waals surface area (Å²) in [5.41, 5.74) is 1.85. The first-order valence-electron chi connectivity index (χ1n) is 7.20. The maximum absolute atomic E-state index is 12.1. The zero-order valence-corrected chi connectivity index (χ0v) is 14.7. The van der Waals surface area contributed by atoms with Crippen molar-refractivity contribution < 1.29 is 9.21 Å². The molecule has 24 heavy (non-hydrogen) atoms. The number of carbonyl (C=O) groups excluding carboxylic acids is 1. The van der Waals surface area contributed by atoms with Crippen molar-refractivity contribution in [1.29, 1.82) is 0 Å². The highest BCUT2D eigenvalue weighted by molar-refractivity contribution is 9.10. The molecule has 0 aliphatic heterocycles. The SMILES string of the molecule is O=C(Nc1nc(-c2ccc3ccccc3c2)cs1)c1ccc(Br)o1. The Morgan fingerprint density at radius 2 is 1.92 bits per heavy atom. The Hall–Kier alpha value is -2.44. The van der Waals surface area contributed by atoms with E-state index >= 15 is 0 Å². The van der Waals surface area contributed by atoms with E-state index in [1.54, 1.807) is 12.1 Å². The van der Waals surface area contributed by atoms with Crippen molar-refractivity contribution in [2.75, 3.05) is 5.32 Å². The second-order valence-electron chi connectivity index (χ2n) is 5.16. The molecule has 0 radical (unpaired) electrons. The molecule has 2 heterocycles. The Bertz CT molecular complexity index is 1040. The third-order valence-corrected chi connectivity index (χ3v) is 4.75. The van der Waals surface area contributed by atoms with Gasteiger partial charge in [-0.25, -0.2) is 4.98 Å². The summed E-state index contributed by atoms with van der Waals surface area (Å²) in [6, 6.07) is 17.7. The van der Waals surface area contributed by atoms with Gasteiger partial charge in [-0.1, -0.05) is 36.4 Å². The molecule has 2 aromatic carbocycles.